The Bertz CT molecular complexity index is 866. The maximum atomic E-state index is 13.2. The third-order valence-electron chi connectivity index (χ3n) is 3.65. The Morgan fingerprint density at radius 2 is 2.05 bits per heavy atom. The van der Waals surface area contributed by atoms with Gasteiger partial charge in [0, 0.05) is 16.7 Å². The summed E-state index contributed by atoms with van der Waals surface area (Å²) < 4.78 is 19.6. The van der Waals surface area contributed by atoms with Crippen molar-refractivity contribution in [1.82, 2.24) is 0 Å². The standard InChI is InChI=1S/C17H11FO2S/c18-13-2-4-15-12(8-13)9-16(21-15)17(19)11-1-3-14-10(7-11)5-6-20-14/h1-4,7-9H,5-6H2. The summed E-state index contributed by atoms with van der Waals surface area (Å²) in [5.74, 6) is 0.560. The topological polar surface area (TPSA) is 26.3 Å². The number of ether oxygens (including phenoxy) is 1. The van der Waals surface area contributed by atoms with Crippen molar-refractivity contribution in [3.05, 3.63) is 64.3 Å². The van der Waals surface area contributed by atoms with E-state index in [-0.39, 0.29) is 11.6 Å². The highest BCUT2D eigenvalue weighted by atomic mass is 32.1. The lowest BCUT2D eigenvalue weighted by Crippen LogP contribution is -1.98. The van der Waals surface area contributed by atoms with Crippen LogP contribution in [0.3, 0.4) is 0 Å². The Balaban J connectivity index is 1.75. The predicted octanol–water partition coefficient (Wildman–Crippen LogP) is 4.21. The van der Waals surface area contributed by atoms with Crippen LogP contribution in [0.4, 0.5) is 4.39 Å². The van der Waals surface area contributed by atoms with Gasteiger partial charge in [0.1, 0.15) is 11.6 Å². The Labute approximate surface area is 124 Å². The van der Waals surface area contributed by atoms with Gasteiger partial charge in [-0.15, -0.1) is 11.3 Å². The average molecular weight is 298 g/mol. The van der Waals surface area contributed by atoms with Gasteiger partial charge >= 0.3 is 0 Å². The van der Waals surface area contributed by atoms with Gasteiger partial charge in [0.25, 0.3) is 0 Å². The highest BCUT2D eigenvalue weighted by molar-refractivity contribution is 7.21. The minimum Gasteiger partial charge on any atom is -0.493 e. The van der Waals surface area contributed by atoms with Crippen molar-refractivity contribution in [2.45, 2.75) is 6.42 Å². The number of thiophene rings is 1. The molecule has 0 unspecified atom stereocenters. The number of halogens is 1. The Morgan fingerprint density at radius 1 is 1.14 bits per heavy atom. The molecule has 4 heteroatoms. The molecule has 104 valence electrons. The fourth-order valence-corrected chi connectivity index (χ4v) is 3.60. The monoisotopic (exact) mass is 298 g/mol. The first-order valence-electron chi connectivity index (χ1n) is 6.70. The fraction of sp³-hybridized carbons (Fsp3) is 0.118. The Morgan fingerprint density at radius 3 is 2.95 bits per heavy atom. The van der Waals surface area contributed by atoms with Crippen molar-refractivity contribution in [2.24, 2.45) is 0 Å². The maximum absolute atomic E-state index is 13.2. The van der Waals surface area contributed by atoms with E-state index in [0.717, 1.165) is 27.8 Å². The van der Waals surface area contributed by atoms with Crippen LogP contribution in [0.15, 0.2) is 42.5 Å². The van der Waals surface area contributed by atoms with E-state index < -0.39 is 0 Å². The number of ketones is 1. The van der Waals surface area contributed by atoms with E-state index in [0.29, 0.717) is 17.0 Å². The molecule has 0 N–H and O–H groups in total. The first kappa shape index (κ1) is 12.5. The molecule has 0 saturated heterocycles. The Hall–Kier alpha value is -2.20. The van der Waals surface area contributed by atoms with Gasteiger partial charge in [-0.1, -0.05) is 0 Å². The second-order valence-electron chi connectivity index (χ2n) is 5.04. The van der Waals surface area contributed by atoms with E-state index in [9.17, 15) is 9.18 Å². The zero-order chi connectivity index (χ0) is 14.4. The SMILES string of the molecule is O=C(c1ccc2c(c1)CCO2)c1cc2cc(F)ccc2s1. The van der Waals surface area contributed by atoms with Crippen LogP contribution in [0.5, 0.6) is 5.75 Å². The van der Waals surface area contributed by atoms with Crippen LogP contribution < -0.4 is 4.74 Å². The van der Waals surface area contributed by atoms with Gasteiger partial charge in [-0.05, 0) is 53.4 Å². The van der Waals surface area contributed by atoms with Crippen molar-refractivity contribution < 1.29 is 13.9 Å². The molecule has 0 atom stereocenters. The molecular formula is C17H11FO2S. The number of carbonyl (C=O) groups excluding carboxylic acids is 1. The third kappa shape index (κ3) is 2.12. The minimum atomic E-state index is -0.283. The molecule has 1 aliphatic rings. The van der Waals surface area contributed by atoms with Crippen molar-refractivity contribution in [3.8, 4) is 5.75 Å². The summed E-state index contributed by atoms with van der Waals surface area (Å²) in [4.78, 5) is 13.2. The molecular weight excluding hydrogens is 287 g/mol. The van der Waals surface area contributed by atoms with Crippen LogP contribution >= 0.6 is 11.3 Å². The number of fused-ring (bicyclic) bond motifs is 2. The van der Waals surface area contributed by atoms with E-state index >= 15 is 0 Å². The summed E-state index contributed by atoms with van der Waals surface area (Å²) in [5, 5.41) is 0.771. The molecule has 0 radical (unpaired) electrons. The molecule has 2 heterocycles. The van der Waals surface area contributed by atoms with Gasteiger partial charge in [-0.25, -0.2) is 4.39 Å². The summed E-state index contributed by atoms with van der Waals surface area (Å²) >= 11 is 1.39. The van der Waals surface area contributed by atoms with Crippen molar-refractivity contribution in [1.29, 1.82) is 0 Å². The van der Waals surface area contributed by atoms with Crippen molar-refractivity contribution >= 4 is 27.2 Å². The van der Waals surface area contributed by atoms with Crippen molar-refractivity contribution in [2.75, 3.05) is 6.61 Å². The molecule has 0 aliphatic carbocycles. The first-order chi connectivity index (χ1) is 10.2. The van der Waals surface area contributed by atoms with Gasteiger partial charge in [-0.3, -0.25) is 4.79 Å². The number of carbonyl (C=O) groups is 1. The second kappa shape index (κ2) is 4.67. The van der Waals surface area contributed by atoms with Crippen LogP contribution in [0.1, 0.15) is 20.8 Å². The number of hydrogen-bond donors (Lipinski definition) is 0. The number of hydrogen-bond acceptors (Lipinski definition) is 3. The summed E-state index contributed by atoms with van der Waals surface area (Å²) in [7, 11) is 0. The minimum absolute atomic E-state index is 0.0219. The first-order valence-corrected chi connectivity index (χ1v) is 7.52. The molecule has 1 aliphatic heterocycles. The number of benzene rings is 2. The summed E-state index contributed by atoms with van der Waals surface area (Å²) in [5.41, 5.74) is 1.74. The van der Waals surface area contributed by atoms with Crippen LogP contribution in [0.25, 0.3) is 10.1 Å². The molecule has 0 fully saturated rings. The van der Waals surface area contributed by atoms with E-state index in [1.54, 1.807) is 18.2 Å². The fourth-order valence-electron chi connectivity index (χ4n) is 2.60. The molecule has 0 spiro atoms. The Kier molecular flexibility index (Phi) is 2.79. The molecule has 21 heavy (non-hydrogen) atoms. The zero-order valence-electron chi connectivity index (χ0n) is 11.1. The van der Waals surface area contributed by atoms with Gasteiger partial charge < -0.3 is 4.74 Å². The average Bonchev–Trinajstić information content (AvgIpc) is 3.11. The van der Waals surface area contributed by atoms with E-state index in [4.69, 9.17) is 4.74 Å². The normalized spacial score (nSPS) is 13.2. The maximum Gasteiger partial charge on any atom is 0.202 e. The molecule has 2 aromatic carbocycles. The smallest absolute Gasteiger partial charge is 0.202 e. The molecule has 0 amide bonds. The molecule has 1 aromatic heterocycles. The van der Waals surface area contributed by atoms with Gasteiger partial charge in [0.2, 0.25) is 5.78 Å². The summed E-state index contributed by atoms with van der Waals surface area (Å²) in [6.45, 7) is 0.676. The van der Waals surface area contributed by atoms with Gasteiger partial charge in [0.15, 0.2) is 0 Å². The molecule has 3 aromatic rings. The van der Waals surface area contributed by atoms with Gasteiger partial charge in [0.05, 0.1) is 11.5 Å². The number of rotatable bonds is 2. The highest BCUT2D eigenvalue weighted by Crippen LogP contribution is 2.30. The lowest BCUT2D eigenvalue weighted by molar-refractivity contribution is 0.104. The zero-order valence-corrected chi connectivity index (χ0v) is 11.9. The second-order valence-corrected chi connectivity index (χ2v) is 6.13. The van der Waals surface area contributed by atoms with E-state index in [2.05, 4.69) is 0 Å². The van der Waals surface area contributed by atoms with Crippen molar-refractivity contribution in [3.63, 3.8) is 0 Å². The van der Waals surface area contributed by atoms with Crippen LogP contribution in [-0.2, 0) is 6.42 Å². The van der Waals surface area contributed by atoms with Gasteiger partial charge in [-0.2, -0.15) is 0 Å². The largest absolute Gasteiger partial charge is 0.493 e. The van der Waals surface area contributed by atoms with Crippen LogP contribution in [-0.4, -0.2) is 12.4 Å². The quantitative estimate of drug-likeness (QED) is 0.663. The molecule has 0 bridgehead atoms. The van der Waals surface area contributed by atoms with E-state index in [1.165, 1.54) is 23.5 Å². The molecule has 4 rings (SSSR count). The van der Waals surface area contributed by atoms with Crippen LogP contribution in [0, 0.1) is 5.82 Å². The highest BCUT2D eigenvalue weighted by Gasteiger charge is 2.17. The third-order valence-corrected chi connectivity index (χ3v) is 4.77. The lowest BCUT2D eigenvalue weighted by atomic mass is 10.0. The van der Waals surface area contributed by atoms with Crippen LogP contribution in [0.2, 0.25) is 0 Å². The molecule has 0 saturated carbocycles. The molecule has 2 nitrogen and oxygen atoms in total. The lowest BCUT2D eigenvalue weighted by Gasteiger charge is -2.01. The predicted molar refractivity (Wildman–Crippen MR) is 80.9 cm³/mol. The summed E-state index contributed by atoms with van der Waals surface area (Å²) in [6, 6.07) is 11.9. The summed E-state index contributed by atoms with van der Waals surface area (Å²) in [6.07, 6.45) is 0.841. The van der Waals surface area contributed by atoms with E-state index in [1.807, 2.05) is 12.1 Å².